The van der Waals surface area contributed by atoms with Crippen LogP contribution in [0.5, 0.6) is 0 Å². The quantitative estimate of drug-likeness (QED) is 0.289. The fourth-order valence-corrected chi connectivity index (χ4v) is 4.06. The molecule has 0 heterocycles. The molecule has 0 saturated heterocycles. The third-order valence-electron chi connectivity index (χ3n) is 5.01. The highest BCUT2D eigenvalue weighted by molar-refractivity contribution is 5.27. The number of aryl methyl sites for hydroxylation is 1. The predicted molar refractivity (Wildman–Crippen MR) is 121 cm³/mol. The first kappa shape index (κ1) is 25.0. The van der Waals surface area contributed by atoms with Crippen LogP contribution in [0.4, 0.5) is 0 Å². The molecule has 0 aliphatic heterocycles. The van der Waals surface area contributed by atoms with Gasteiger partial charge in [0.25, 0.3) is 0 Å². The Morgan fingerprint density at radius 3 is 1.85 bits per heavy atom. The second-order valence-corrected chi connectivity index (χ2v) is 9.05. The fourth-order valence-electron chi connectivity index (χ4n) is 4.06. The molecular formula is C26H46. The molecule has 26 heavy (non-hydrogen) atoms. The molecule has 0 saturated carbocycles. The Balaban J connectivity index is 0.00000301. The normalized spacial score (nSPS) is 12.5. The molecule has 0 aliphatic rings. The summed E-state index contributed by atoms with van der Waals surface area (Å²) in [6, 6.07) is 9.46. The van der Waals surface area contributed by atoms with Gasteiger partial charge in [0.15, 0.2) is 0 Å². The summed E-state index contributed by atoms with van der Waals surface area (Å²) in [5.41, 5.74) is 4.64. The Labute approximate surface area is 165 Å². The van der Waals surface area contributed by atoms with Crippen LogP contribution in [0.15, 0.2) is 36.4 Å². The van der Waals surface area contributed by atoms with Gasteiger partial charge in [-0.2, -0.15) is 0 Å². The fraction of sp³-hybridized carbons (Fsp3) is 0.692. The van der Waals surface area contributed by atoms with E-state index in [-0.39, 0.29) is 0 Å². The van der Waals surface area contributed by atoms with Gasteiger partial charge in [-0.1, -0.05) is 97.6 Å². The minimum Gasteiger partial charge on any atom is -0.100 e. The Morgan fingerprint density at radius 2 is 1.38 bits per heavy atom. The van der Waals surface area contributed by atoms with Crippen molar-refractivity contribution in [2.45, 2.75) is 106 Å². The average Bonchev–Trinajstić information content (AvgIpc) is 2.55. The van der Waals surface area contributed by atoms with Crippen molar-refractivity contribution in [1.29, 1.82) is 0 Å². The van der Waals surface area contributed by atoms with E-state index in [9.17, 15) is 0 Å². The summed E-state index contributed by atoms with van der Waals surface area (Å²) in [6.45, 7) is 21.9. The van der Waals surface area contributed by atoms with Crippen LogP contribution in [0.25, 0.3) is 0 Å². The Hall–Kier alpha value is -1.04. The molecule has 1 rings (SSSR count). The standard InChI is InChI=1S/C24H40.C2H6/c1-19(2)13-11-9-8-10-12-14-21-15-17-22(18-16-21)23(20(3)4)24(5,6)7;1-2/h15-18,20,23H,1,8-14H2,2-7H3;1-2H3. The first-order valence-corrected chi connectivity index (χ1v) is 10.9. The van der Waals surface area contributed by atoms with E-state index < -0.39 is 0 Å². The molecule has 0 N–H and O–H groups in total. The van der Waals surface area contributed by atoms with Crippen molar-refractivity contribution in [1.82, 2.24) is 0 Å². The van der Waals surface area contributed by atoms with E-state index >= 15 is 0 Å². The van der Waals surface area contributed by atoms with Crippen LogP contribution in [0.1, 0.15) is 111 Å². The summed E-state index contributed by atoms with van der Waals surface area (Å²) < 4.78 is 0. The molecule has 0 radical (unpaired) electrons. The van der Waals surface area contributed by atoms with E-state index in [2.05, 4.69) is 72.4 Å². The minimum atomic E-state index is 0.319. The van der Waals surface area contributed by atoms with Crippen molar-refractivity contribution >= 4 is 0 Å². The Morgan fingerprint density at radius 1 is 0.885 bits per heavy atom. The van der Waals surface area contributed by atoms with Gasteiger partial charge >= 0.3 is 0 Å². The van der Waals surface area contributed by atoms with Crippen LogP contribution in [0.3, 0.4) is 0 Å². The molecule has 1 atom stereocenters. The van der Waals surface area contributed by atoms with Crippen molar-refractivity contribution in [2.75, 3.05) is 0 Å². The number of unbranched alkanes of at least 4 members (excludes halogenated alkanes) is 4. The van der Waals surface area contributed by atoms with E-state index in [1.165, 1.54) is 61.6 Å². The molecule has 1 aromatic carbocycles. The van der Waals surface area contributed by atoms with Crippen LogP contribution >= 0.6 is 0 Å². The van der Waals surface area contributed by atoms with Gasteiger partial charge in [-0.25, -0.2) is 0 Å². The zero-order valence-corrected chi connectivity index (χ0v) is 19.1. The van der Waals surface area contributed by atoms with Gasteiger partial charge in [-0.05, 0) is 61.0 Å². The van der Waals surface area contributed by atoms with Crippen LogP contribution in [-0.2, 0) is 6.42 Å². The number of rotatable bonds is 10. The zero-order chi connectivity index (χ0) is 20.2. The lowest BCUT2D eigenvalue weighted by Crippen LogP contribution is -2.23. The van der Waals surface area contributed by atoms with E-state index in [0.717, 1.165) is 0 Å². The highest BCUT2D eigenvalue weighted by Gasteiger charge is 2.28. The number of hydrogen-bond acceptors (Lipinski definition) is 0. The molecule has 0 amide bonds. The van der Waals surface area contributed by atoms with Crippen LogP contribution in [-0.4, -0.2) is 0 Å². The summed E-state index contributed by atoms with van der Waals surface area (Å²) in [4.78, 5) is 0. The second-order valence-electron chi connectivity index (χ2n) is 9.05. The first-order chi connectivity index (χ1) is 12.2. The van der Waals surface area contributed by atoms with Crippen molar-refractivity contribution in [2.24, 2.45) is 11.3 Å². The third-order valence-corrected chi connectivity index (χ3v) is 5.01. The molecule has 0 nitrogen and oxygen atoms in total. The van der Waals surface area contributed by atoms with Gasteiger partial charge in [-0.15, -0.1) is 6.58 Å². The molecule has 150 valence electrons. The first-order valence-electron chi connectivity index (χ1n) is 10.9. The van der Waals surface area contributed by atoms with E-state index in [1.807, 2.05) is 13.8 Å². The zero-order valence-electron chi connectivity index (χ0n) is 19.1. The maximum Gasteiger partial charge on any atom is -0.00902 e. The largest absolute Gasteiger partial charge is 0.100 e. The maximum atomic E-state index is 3.97. The van der Waals surface area contributed by atoms with Crippen LogP contribution in [0, 0.1) is 11.3 Å². The summed E-state index contributed by atoms with van der Waals surface area (Å²) >= 11 is 0. The maximum absolute atomic E-state index is 3.97. The van der Waals surface area contributed by atoms with Gasteiger partial charge in [0.2, 0.25) is 0 Å². The lowest BCUT2D eigenvalue weighted by Gasteiger charge is -2.34. The number of allylic oxidation sites excluding steroid dienone is 1. The smallest absolute Gasteiger partial charge is 0.00902 e. The van der Waals surface area contributed by atoms with Crippen molar-refractivity contribution in [3.8, 4) is 0 Å². The Bertz CT molecular complexity index is 470. The van der Waals surface area contributed by atoms with Gasteiger partial charge in [0.05, 0.1) is 0 Å². The molecule has 0 bridgehead atoms. The van der Waals surface area contributed by atoms with Crippen LogP contribution < -0.4 is 0 Å². The number of hydrogen-bond donors (Lipinski definition) is 0. The monoisotopic (exact) mass is 358 g/mol. The summed E-state index contributed by atoms with van der Waals surface area (Å²) in [6.07, 6.45) is 9.13. The second kappa shape index (κ2) is 13.2. The molecule has 1 unspecified atom stereocenters. The molecule has 0 spiro atoms. The van der Waals surface area contributed by atoms with Crippen molar-refractivity contribution in [3.63, 3.8) is 0 Å². The predicted octanol–water partition coefficient (Wildman–Crippen LogP) is 8.96. The Kier molecular flexibility index (Phi) is 12.7. The van der Waals surface area contributed by atoms with Gasteiger partial charge < -0.3 is 0 Å². The van der Waals surface area contributed by atoms with E-state index in [4.69, 9.17) is 0 Å². The van der Waals surface area contributed by atoms with Gasteiger partial charge in [0.1, 0.15) is 0 Å². The van der Waals surface area contributed by atoms with Crippen LogP contribution in [0.2, 0.25) is 0 Å². The lowest BCUT2D eigenvalue weighted by molar-refractivity contribution is 0.258. The highest BCUT2D eigenvalue weighted by Crippen LogP contribution is 2.40. The molecule has 0 aliphatic carbocycles. The van der Waals surface area contributed by atoms with E-state index in [0.29, 0.717) is 17.3 Å². The SMILES string of the molecule is C=C(C)CCCCCCCc1ccc(C(C(C)C)C(C)(C)C)cc1.CC. The third kappa shape index (κ3) is 10.2. The summed E-state index contributed by atoms with van der Waals surface area (Å²) in [7, 11) is 0. The average molecular weight is 359 g/mol. The molecule has 0 aromatic heterocycles. The summed E-state index contributed by atoms with van der Waals surface area (Å²) in [5.74, 6) is 1.30. The van der Waals surface area contributed by atoms with Gasteiger partial charge in [-0.3, -0.25) is 0 Å². The van der Waals surface area contributed by atoms with Crippen molar-refractivity contribution in [3.05, 3.63) is 47.5 Å². The van der Waals surface area contributed by atoms with E-state index in [1.54, 1.807) is 0 Å². The summed E-state index contributed by atoms with van der Waals surface area (Å²) in [5, 5.41) is 0. The van der Waals surface area contributed by atoms with Crippen molar-refractivity contribution < 1.29 is 0 Å². The molecule has 0 heteroatoms. The van der Waals surface area contributed by atoms with Gasteiger partial charge in [0, 0.05) is 0 Å². The lowest BCUT2D eigenvalue weighted by atomic mass is 9.70. The molecule has 0 fully saturated rings. The minimum absolute atomic E-state index is 0.319. The molecule has 1 aromatic rings. The number of benzene rings is 1. The highest BCUT2D eigenvalue weighted by atomic mass is 14.3. The topological polar surface area (TPSA) is 0 Å². The molecular weight excluding hydrogens is 312 g/mol.